The van der Waals surface area contributed by atoms with Crippen LogP contribution in [0.25, 0.3) is 0 Å². The summed E-state index contributed by atoms with van der Waals surface area (Å²) in [7, 11) is -3.66. The Morgan fingerprint density at radius 2 is 1.91 bits per heavy atom. The largest absolute Gasteiger partial charge is 0.353 e. The number of aromatic nitrogens is 1. The number of carbonyl (C=O) groups is 1. The number of benzene rings is 1. The van der Waals surface area contributed by atoms with Crippen molar-refractivity contribution < 1.29 is 13.2 Å². The van der Waals surface area contributed by atoms with Gasteiger partial charge in [0, 0.05) is 18.9 Å². The van der Waals surface area contributed by atoms with E-state index in [0.29, 0.717) is 5.56 Å². The molecule has 1 atom stereocenters. The number of carbonyl (C=O) groups excluding carboxylic acids is 1. The van der Waals surface area contributed by atoms with Gasteiger partial charge in [-0.1, -0.05) is 24.3 Å². The molecule has 0 aliphatic carbocycles. The molecule has 5 nitrogen and oxygen atoms in total. The van der Waals surface area contributed by atoms with E-state index in [1.165, 1.54) is 18.3 Å². The van der Waals surface area contributed by atoms with Crippen molar-refractivity contribution in [2.45, 2.75) is 10.1 Å². The van der Waals surface area contributed by atoms with E-state index in [4.69, 9.17) is 11.6 Å². The highest BCUT2D eigenvalue weighted by molar-refractivity contribution is 7.91. The molecule has 1 N–H and O–H groups in total. The van der Waals surface area contributed by atoms with Crippen LogP contribution in [0.15, 0.2) is 59.8 Å². The van der Waals surface area contributed by atoms with Gasteiger partial charge in [0.15, 0.2) is 9.84 Å². The second-order valence-corrected chi connectivity index (χ2v) is 6.97. The molecule has 1 heterocycles. The Balaban J connectivity index is 2.38. The minimum atomic E-state index is -3.66. The maximum absolute atomic E-state index is 12.8. The van der Waals surface area contributed by atoms with E-state index in [1.807, 2.05) is 0 Å². The molecule has 0 fully saturated rings. The molecule has 0 spiro atoms. The molecule has 0 aliphatic rings. The van der Waals surface area contributed by atoms with E-state index in [1.54, 1.807) is 36.5 Å². The monoisotopic (exact) mass is 338 g/mol. The first-order chi connectivity index (χ1) is 10.6. The fourth-order valence-electron chi connectivity index (χ4n) is 2.00. The lowest BCUT2D eigenvalue weighted by Gasteiger charge is -2.18. The average molecular weight is 339 g/mol. The molecule has 2 aromatic rings. The van der Waals surface area contributed by atoms with Crippen molar-refractivity contribution in [3.8, 4) is 0 Å². The summed E-state index contributed by atoms with van der Waals surface area (Å²) in [6, 6.07) is 11.4. The number of amides is 1. The van der Waals surface area contributed by atoms with Gasteiger partial charge >= 0.3 is 0 Å². The Kier molecular flexibility index (Phi) is 5.51. The van der Waals surface area contributed by atoms with Crippen LogP contribution in [0.5, 0.6) is 0 Å². The van der Waals surface area contributed by atoms with Gasteiger partial charge in [-0.2, -0.15) is 0 Å². The Bertz CT molecular complexity index is 721. The smallest absolute Gasteiger partial charge is 0.234 e. The first-order valence-corrected chi connectivity index (χ1v) is 8.65. The van der Waals surface area contributed by atoms with E-state index in [0.717, 1.165) is 0 Å². The zero-order valence-corrected chi connectivity index (χ0v) is 13.2. The summed E-state index contributed by atoms with van der Waals surface area (Å²) < 4.78 is 25.6. The summed E-state index contributed by atoms with van der Waals surface area (Å²) >= 11 is 5.44. The third-order valence-corrected chi connectivity index (χ3v) is 5.47. The molecule has 1 aromatic heterocycles. The van der Waals surface area contributed by atoms with E-state index in [-0.39, 0.29) is 17.3 Å². The normalized spacial score (nSPS) is 12.6. The van der Waals surface area contributed by atoms with Gasteiger partial charge in [0.25, 0.3) is 0 Å². The molecule has 0 radical (unpaired) electrons. The lowest BCUT2D eigenvalue weighted by Crippen LogP contribution is -2.32. The minimum absolute atomic E-state index is 0.0610. The van der Waals surface area contributed by atoms with Crippen LogP contribution in [0.2, 0.25) is 0 Å². The molecule has 116 valence electrons. The van der Waals surface area contributed by atoms with Crippen molar-refractivity contribution in [1.82, 2.24) is 10.3 Å². The molecule has 1 aromatic carbocycles. The first kappa shape index (κ1) is 16.5. The number of sulfone groups is 1. The van der Waals surface area contributed by atoms with Crippen LogP contribution in [0, 0.1) is 0 Å². The summed E-state index contributed by atoms with van der Waals surface area (Å²) in [5, 5.41) is 1.61. The summed E-state index contributed by atoms with van der Waals surface area (Å²) in [5.74, 6) is -0.635. The molecule has 2 rings (SSSR count). The van der Waals surface area contributed by atoms with Gasteiger partial charge in [0.05, 0.1) is 4.90 Å². The highest BCUT2D eigenvalue weighted by Gasteiger charge is 2.29. The van der Waals surface area contributed by atoms with Crippen LogP contribution in [-0.4, -0.2) is 31.7 Å². The standard InChI is InChI=1S/C15H15ClN2O3S/c16-9-15(19)18-11-14(12-5-4-8-17-10-12)22(20,21)13-6-2-1-3-7-13/h1-8,10,14H,9,11H2,(H,18,19)/t14-/m1/s1. The van der Waals surface area contributed by atoms with E-state index >= 15 is 0 Å². The van der Waals surface area contributed by atoms with Crippen LogP contribution in [0.3, 0.4) is 0 Å². The predicted molar refractivity (Wildman–Crippen MR) is 84.3 cm³/mol. The molecule has 7 heteroatoms. The van der Waals surface area contributed by atoms with Crippen LogP contribution in [-0.2, 0) is 14.6 Å². The second-order valence-electron chi connectivity index (χ2n) is 4.57. The second kappa shape index (κ2) is 7.38. The topological polar surface area (TPSA) is 76.1 Å². The van der Waals surface area contributed by atoms with Crippen molar-refractivity contribution in [3.63, 3.8) is 0 Å². The number of rotatable bonds is 6. The Morgan fingerprint density at radius 1 is 1.18 bits per heavy atom. The Labute approximate surface area is 134 Å². The predicted octanol–water partition coefficient (Wildman–Crippen LogP) is 1.95. The Hall–Kier alpha value is -1.92. The highest BCUT2D eigenvalue weighted by atomic mass is 35.5. The summed E-state index contributed by atoms with van der Waals surface area (Å²) in [5.41, 5.74) is 0.515. The van der Waals surface area contributed by atoms with Crippen LogP contribution >= 0.6 is 11.6 Å². The van der Waals surface area contributed by atoms with Gasteiger partial charge in [-0.15, -0.1) is 11.6 Å². The van der Waals surface area contributed by atoms with Gasteiger partial charge in [0.2, 0.25) is 5.91 Å². The van der Waals surface area contributed by atoms with Gasteiger partial charge in [0.1, 0.15) is 11.1 Å². The molecular weight excluding hydrogens is 324 g/mol. The average Bonchev–Trinajstić information content (AvgIpc) is 2.56. The summed E-state index contributed by atoms with van der Waals surface area (Å²) in [4.78, 5) is 15.5. The van der Waals surface area contributed by atoms with Crippen molar-refractivity contribution >= 4 is 27.3 Å². The van der Waals surface area contributed by atoms with Crippen molar-refractivity contribution in [2.24, 2.45) is 0 Å². The first-order valence-electron chi connectivity index (χ1n) is 6.57. The van der Waals surface area contributed by atoms with Crippen LogP contribution in [0.1, 0.15) is 10.8 Å². The molecule has 0 unspecified atom stereocenters. The highest BCUT2D eigenvalue weighted by Crippen LogP contribution is 2.27. The molecule has 0 saturated carbocycles. The third-order valence-electron chi connectivity index (χ3n) is 3.11. The van der Waals surface area contributed by atoms with Gasteiger partial charge < -0.3 is 5.32 Å². The zero-order valence-electron chi connectivity index (χ0n) is 11.6. The number of nitrogens with zero attached hydrogens (tertiary/aromatic N) is 1. The number of pyridine rings is 1. The summed E-state index contributed by atoms with van der Waals surface area (Å²) in [6.45, 7) is -0.0610. The maximum atomic E-state index is 12.8. The number of hydrogen-bond acceptors (Lipinski definition) is 4. The fourth-order valence-corrected chi connectivity index (χ4v) is 3.76. The molecule has 22 heavy (non-hydrogen) atoms. The molecule has 0 saturated heterocycles. The number of halogens is 1. The van der Waals surface area contributed by atoms with Gasteiger partial charge in [-0.05, 0) is 23.8 Å². The van der Waals surface area contributed by atoms with Crippen LogP contribution in [0.4, 0.5) is 0 Å². The van der Waals surface area contributed by atoms with E-state index in [9.17, 15) is 13.2 Å². The molecule has 0 bridgehead atoms. The molecule has 0 aliphatic heterocycles. The zero-order chi connectivity index (χ0) is 16.0. The summed E-state index contributed by atoms with van der Waals surface area (Å²) in [6.07, 6.45) is 3.05. The van der Waals surface area contributed by atoms with Crippen molar-refractivity contribution in [1.29, 1.82) is 0 Å². The maximum Gasteiger partial charge on any atom is 0.234 e. The van der Waals surface area contributed by atoms with Gasteiger partial charge in [-0.25, -0.2) is 8.42 Å². The van der Waals surface area contributed by atoms with Crippen molar-refractivity contribution in [2.75, 3.05) is 12.4 Å². The van der Waals surface area contributed by atoms with Gasteiger partial charge in [-0.3, -0.25) is 9.78 Å². The minimum Gasteiger partial charge on any atom is -0.353 e. The number of nitrogens with one attached hydrogen (secondary N) is 1. The van der Waals surface area contributed by atoms with E-state index in [2.05, 4.69) is 10.3 Å². The molecule has 1 amide bonds. The number of alkyl halides is 1. The van der Waals surface area contributed by atoms with Crippen molar-refractivity contribution in [3.05, 3.63) is 60.4 Å². The van der Waals surface area contributed by atoms with E-state index < -0.39 is 21.0 Å². The fraction of sp³-hybridized carbons (Fsp3) is 0.200. The molecular formula is C15H15ClN2O3S. The Morgan fingerprint density at radius 3 is 2.50 bits per heavy atom. The lowest BCUT2D eigenvalue weighted by atomic mass is 10.2. The number of hydrogen-bond donors (Lipinski definition) is 1. The van der Waals surface area contributed by atoms with Crippen LogP contribution < -0.4 is 5.32 Å². The quantitative estimate of drug-likeness (QED) is 0.817. The third kappa shape index (κ3) is 3.84. The lowest BCUT2D eigenvalue weighted by molar-refractivity contribution is -0.118. The SMILES string of the molecule is O=C(CCl)NC[C@H](c1cccnc1)S(=O)(=O)c1ccccc1.